The molecule has 1 saturated carbocycles. The molecule has 1 heterocycles. The van der Waals surface area contributed by atoms with Crippen LogP contribution in [-0.4, -0.2) is 33.6 Å². The van der Waals surface area contributed by atoms with E-state index in [9.17, 15) is 9.59 Å². The van der Waals surface area contributed by atoms with Crippen LogP contribution in [-0.2, 0) is 11.3 Å². The highest BCUT2D eigenvalue weighted by atomic mass is 16.4. The predicted octanol–water partition coefficient (Wildman–Crippen LogP) is 0.921. The van der Waals surface area contributed by atoms with Crippen molar-refractivity contribution in [1.29, 1.82) is 0 Å². The van der Waals surface area contributed by atoms with E-state index in [1.807, 2.05) is 0 Å². The molecular weight excluding hydrogens is 260 g/mol. The number of aliphatic carboxylic acids is 1. The number of urea groups is 1. The molecule has 0 atom stereocenters. The van der Waals surface area contributed by atoms with Crippen molar-refractivity contribution in [3.63, 3.8) is 0 Å². The standard InChI is InChI=1S/C13H18N4O3/c18-11(19)6-13(3-1-4-13)8-16-12(20)15-7-10-2-5-14-9-17-10/h2,5,9H,1,3-4,6-8H2,(H,18,19)(H2,15,16,20). The van der Waals surface area contributed by atoms with E-state index in [1.54, 1.807) is 12.3 Å². The summed E-state index contributed by atoms with van der Waals surface area (Å²) in [7, 11) is 0. The average molecular weight is 278 g/mol. The second-order valence-corrected chi connectivity index (χ2v) is 5.16. The second-order valence-electron chi connectivity index (χ2n) is 5.16. The third-order valence-electron chi connectivity index (χ3n) is 3.64. The molecule has 1 aromatic rings. The van der Waals surface area contributed by atoms with Crippen LogP contribution >= 0.6 is 0 Å². The molecule has 3 N–H and O–H groups in total. The van der Waals surface area contributed by atoms with Gasteiger partial charge in [0.1, 0.15) is 6.33 Å². The van der Waals surface area contributed by atoms with Gasteiger partial charge in [-0.15, -0.1) is 0 Å². The number of carboxylic acid groups (broad SMARTS) is 1. The van der Waals surface area contributed by atoms with E-state index in [2.05, 4.69) is 20.6 Å². The number of hydrogen-bond donors (Lipinski definition) is 3. The minimum Gasteiger partial charge on any atom is -0.481 e. The van der Waals surface area contributed by atoms with Crippen LogP contribution in [0.1, 0.15) is 31.4 Å². The summed E-state index contributed by atoms with van der Waals surface area (Å²) in [5.41, 5.74) is 0.456. The van der Waals surface area contributed by atoms with Crippen LogP contribution in [0.4, 0.5) is 4.79 Å². The highest BCUT2D eigenvalue weighted by molar-refractivity contribution is 5.74. The highest BCUT2D eigenvalue weighted by Crippen LogP contribution is 2.43. The molecule has 0 bridgehead atoms. The lowest BCUT2D eigenvalue weighted by molar-refractivity contribution is -0.141. The van der Waals surface area contributed by atoms with Gasteiger partial charge in [0.25, 0.3) is 0 Å². The van der Waals surface area contributed by atoms with E-state index in [-0.39, 0.29) is 17.9 Å². The predicted molar refractivity (Wildman–Crippen MR) is 70.8 cm³/mol. The topological polar surface area (TPSA) is 104 Å². The van der Waals surface area contributed by atoms with Gasteiger partial charge in [0.05, 0.1) is 18.7 Å². The van der Waals surface area contributed by atoms with Crippen molar-refractivity contribution in [2.45, 2.75) is 32.2 Å². The molecule has 0 saturated heterocycles. The molecule has 0 aromatic carbocycles. The number of amides is 2. The van der Waals surface area contributed by atoms with Gasteiger partial charge in [-0.05, 0) is 24.3 Å². The smallest absolute Gasteiger partial charge is 0.315 e. The third kappa shape index (κ3) is 3.91. The Bertz CT molecular complexity index is 474. The number of nitrogens with one attached hydrogen (secondary N) is 2. The third-order valence-corrected chi connectivity index (χ3v) is 3.64. The van der Waals surface area contributed by atoms with Crippen LogP contribution in [0.25, 0.3) is 0 Å². The molecule has 2 rings (SSSR count). The van der Waals surface area contributed by atoms with Crippen molar-refractivity contribution in [3.05, 3.63) is 24.3 Å². The van der Waals surface area contributed by atoms with Crippen molar-refractivity contribution < 1.29 is 14.7 Å². The van der Waals surface area contributed by atoms with Crippen LogP contribution in [0.3, 0.4) is 0 Å². The summed E-state index contributed by atoms with van der Waals surface area (Å²) in [6.45, 7) is 0.717. The summed E-state index contributed by atoms with van der Waals surface area (Å²) in [5, 5.41) is 14.3. The molecule has 2 amide bonds. The van der Waals surface area contributed by atoms with Crippen LogP contribution in [0.15, 0.2) is 18.6 Å². The average Bonchev–Trinajstić information content (AvgIpc) is 2.40. The normalized spacial score (nSPS) is 16.0. The Kier molecular flexibility index (Phi) is 4.49. The number of rotatable bonds is 6. The summed E-state index contributed by atoms with van der Waals surface area (Å²) in [4.78, 5) is 30.3. The van der Waals surface area contributed by atoms with E-state index in [4.69, 9.17) is 5.11 Å². The van der Waals surface area contributed by atoms with E-state index in [0.717, 1.165) is 25.0 Å². The maximum Gasteiger partial charge on any atom is 0.315 e. The monoisotopic (exact) mass is 278 g/mol. The molecule has 0 radical (unpaired) electrons. The Labute approximate surface area is 116 Å². The Hall–Kier alpha value is -2.18. The molecule has 0 aliphatic heterocycles. The largest absolute Gasteiger partial charge is 0.481 e. The minimum atomic E-state index is -0.812. The number of hydrogen-bond acceptors (Lipinski definition) is 4. The summed E-state index contributed by atoms with van der Waals surface area (Å²) >= 11 is 0. The van der Waals surface area contributed by atoms with E-state index >= 15 is 0 Å². The molecule has 1 aliphatic rings. The fourth-order valence-electron chi connectivity index (χ4n) is 2.34. The zero-order valence-electron chi connectivity index (χ0n) is 11.1. The molecule has 7 heteroatoms. The lowest BCUT2D eigenvalue weighted by Crippen LogP contribution is -2.46. The van der Waals surface area contributed by atoms with Gasteiger partial charge in [-0.1, -0.05) is 6.42 Å². The number of carbonyl (C=O) groups excluding carboxylic acids is 1. The van der Waals surface area contributed by atoms with Gasteiger partial charge >= 0.3 is 12.0 Å². The van der Waals surface area contributed by atoms with Crippen molar-refractivity contribution in [1.82, 2.24) is 20.6 Å². The zero-order chi connectivity index (χ0) is 14.4. The van der Waals surface area contributed by atoms with E-state index in [0.29, 0.717) is 13.1 Å². The fourth-order valence-corrected chi connectivity index (χ4v) is 2.34. The number of aromatic nitrogens is 2. The summed E-state index contributed by atoms with van der Waals surface area (Å²) in [5.74, 6) is -0.812. The van der Waals surface area contributed by atoms with Crippen LogP contribution in [0.5, 0.6) is 0 Å². The summed E-state index contributed by atoms with van der Waals surface area (Å²) in [6, 6.07) is 1.42. The van der Waals surface area contributed by atoms with Gasteiger partial charge in [0.2, 0.25) is 0 Å². The zero-order valence-corrected chi connectivity index (χ0v) is 11.1. The Balaban J connectivity index is 1.73. The first kappa shape index (κ1) is 14.2. The lowest BCUT2D eigenvalue weighted by atomic mass is 9.66. The maximum atomic E-state index is 11.7. The highest BCUT2D eigenvalue weighted by Gasteiger charge is 2.39. The Morgan fingerprint density at radius 1 is 1.35 bits per heavy atom. The van der Waals surface area contributed by atoms with E-state index < -0.39 is 5.97 Å². The van der Waals surface area contributed by atoms with Gasteiger partial charge in [0.15, 0.2) is 0 Å². The van der Waals surface area contributed by atoms with Crippen LogP contribution < -0.4 is 10.6 Å². The van der Waals surface area contributed by atoms with Gasteiger partial charge in [-0.2, -0.15) is 0 Å². The molecule has 0 unspecified atom stereocenters. The molecule has 20 heavy (non-hydrogen) atoms. The van der Waals surface area contributed by atoms with Gasteiger partial charge in [0, 0.05) is 12.7 Å². The molecule has 108 valence electrons. The summed E-state index contributed by atoms with van der Waals surface area (Å²) in [6.07, 6.45) is 5.87. The second kappa shape index (κ2) is 6.31. The molecule has 1 aromatic heterocycles. The van der Waals surface area contributed by atoms with Crippen LogP contribution in [0.2, 0.25) is 0 Å². The lowest BCUT2D eigenvalue weighted by Gasteiger charge is -2.40. The summed E-state index contributed by atoms with van der Waals surface area (Å²) < 4.78 is 0. The van der Waals surface area contributed by atoms with Crippen molar-refractivity contribution in [3.8, 4) is 0 Å². The first-order chi connectivity index (χ1) is 9.60. The molecule has 1 fully saturated rings. The quantitative estimate of drug-likeness (QED) is 0.717. The molecular formula is C13H18N4O3. The van der Waals surface area contributed by atoms with Gasteiger partial charge in [-0.25, -0.2) is 14.8 Å². The molecule has 0 spiro atoms. The van der Waals surface area contributed by atoms with Gasteiger partial charge < -0.3 is 15.7 Å². The van der Waals surface area contributed by atoms with Crippen molar-refractivity contribution >= 4 is 12.0 Å². The molecule has 7 nitrogen and oxygen atoms in total. The SMILES string of the molecule is O=C(O)CC1(CNC(=O)NCc2ccncn2)CCC1. The number of carbonyl (C=O) groups is 2. The fraction of sp³-hybridized carbons (Fsp3) is 0.538. The molecule has 1 aliphatic carbocycles. The van der Waals surface area contributed by atoms with E-state index in [1.165, 1.54) is 6.33 Å². The number of nitrogens with zero attached hydrogens (tertiary/aromatic N) is 2. The maximum absolute atomic E-state index is 11.7. The minimum absolute atomic E-state index is 0.110. The van der Waals surface area contributed by atoms with Crippen LogP contribution in [0, 0.1) is 5.41 Å². The first-order valence-electron chi connectivity index (χ1n) is 6.58. The van der Waals surface area contributed by atoms with Gasteiger partial charge in [-0.3, -0.25) is 4.79 Å². The number of carboxylic acids is 1. The van der Waals surface area contributed by atoms with Crippen molar-refractivity contribution in [2.24, 2.45) is 5.41 Å². The first-order valence-corrected chi connectivity index (χ1v) is 6.58. The Morgan fingerprint density at radius 3 is 2.70 bits per heavy atom. The Morgan fingerprint density at radius 2 is 2.15 bits per heavy atom. The van der Waals surface area contributed by atoms with Crippen molar-refractivity contribution in [2.75, 3.05) is 6.54 Å².